The fourth-order valence-electron chi connectivity index (χ4n) is 2.43. The molecule has 0 saturated carbocycles. The molecule has 0 heterocycles. The van der Waals surface area contributed by atoms with Crippen LogP contribution in [-0.4, -0.2) is 14.9 Å². The van der Waals surface area contributed by atoms with Crippen LogP contribution in [0.5, 0.6) is 0 Å². The molecule has 0 saturated heterocycles. The third kappa shape index (κ3) is 9.08. The molecular formula is C17H32OSi. The summed E-state index contributed by atoms with van der Waals surface area (Å²) in [5.74, 6) is 2.54. The SMILES string of the molecule is C#CC=CCO[Si](CCCC)(CCCC)CCCC. The quantitative estimate of drug-likeness (QED) is 0.337. The molecule has 0 radical (unpaired) electrons. The minimum Gasteiger partial charge on any atom is -0.413 e. The van der Waals surface area contributed by atoms with Gasteiger partial charge in [0.2, 0.25) is 0 Å². The molecule has 0 aromatic carbocycles. The second-order valence-corrected chi connectivity index (χ2v) is 9.53. The van der Waals surface area contributed by atoms with Crippen LogP contribution >= 0.6 is 0 Å². The van der Waals surface area contributed by atoms with Gasteiger partial charge in [0, 0.05) is 0 Å². The maximum absolute atomic E-state index is 6.39. The van der Waals surface area contributed by atoms with Crippen molar-refractivity contribution in [3.63, 3.8) is 0 Å². The highest BCUT2D eigenvalue weighted by Crippen LogP contribution is 2.29. The first kappa shape index (κ1) is 18.5. The lowest BCUT2D eigenvalue weighted by molar-refractivity contribution is 0.335. The van der Waals surface area contributed by atoms with Gasteiger partial charge in [0.1, 0.15) is 0 Å². The van der Waals surface area contributed by atoms with Crippen LogP contribution in [0.3, 0.4) is 0 Å². The Bertz CT molecular complexity index is 243. The molecule has 19 heavy (non-hydrogen) atoms. The zero-order chi connectivity index (χ0) is 14.4. The second-order valence-electron chi connectivity index (χ2n) is 5.37. The van der Waals surface area contributed by atoms with Crippen molar-refractivity contribution < 1.29 is 4.43 Å². The zero-order valence-corrected chi connectivity index (χ0v) is 14.2. The van der Waals surface area contributed by atoms with E-state index in [4.69, 9.17) is 10.8 Å². The number of rotatable bonds is 12. The van der Waals surface area contributed by atoms with Crippen molar-refractivity contribution in [2.24, 2.45) is 0 Å². The monoisotopic (exact) mass is 280 g/mol. The van der Waals surface area contributed by atoms with E-state index in [-0.39, 0.29) is 0 Å². The van der Waals surface area contributed by atoms with E-state index in [1.807, 2.05) is 6.08 Å². The molecule has 0 aliphatic rings. The Morgan fingerprint density at radius 3 is 1.79 bits per heavy atom. The van der Waals surface area contributed by atoms with Crippen LogP contribution in [0, 0.1) is 12.3 Å². The van der Waals surface area contributed by atoms with Gasteiger partial charge < -0.3 is 4.43 Å². The first-order valence-electron chi connectivity index (χ1n) is 7.99. The normalized spacial score (nSPS) is 11.9. The smallest absolute Gasteiger partial charge is 0.193 e. The van der Waals surface area contributed by atoms with Crippen LogP contribution in [0.15, 0.2) is 12.2 Å². The molecule has 0 amide bonds. The van der Waals surface area contributed by atoms with Crippen LogP contribution in [0.4, 0.5) is 0 Å². The summed E-state index contributed by atoms with van der Waals surface area (Å²) in [5.41, 5.74) is 0. The standard InChI is InChI=1S/C17H32OSi/c1-5-9-13-14-18-19(15-10-6-2,16-11-7-3)17-12-8-4/h1,9,13H,6-8,10-12,14-17H2,2-4H3. The molecule has 0 aliphatic carbocycles. The Morgan fingerprint density at radius 2 is 1.42 bits per heavy atom. The summed E-state index contributed by atoms with van der Waals surface area (Å²) >= 11 is 0. The molecule has 0 aromatic rings. The predicted molar refractivity (Wildman–Crippen MR) is 88.8 cm³/mol. The van der Waals surface area contributed by atoms with Crippen molar-refractivity contribution in [1.29, 1.82) is 0 Å². The van der Waals surface area contributed by atoms with Crippen molar-refractivity contribution in [2.45, 2.75) is 77.4 Å². The van der Waals surface area contributed by atoms with Gasteiger partial charge in [-0.3, -0.25) is 0 Å². The molecule has 0 atom stereocenters. The molecule has 0 rings (SSSR count). The highest BCUT2D eigenvalue weighted by Gasteiger charge is 2.32. The fourth-order valence-corrected chi connectivity index (χ4v) is 7.06. The van der Waals surface area contributed by atoms with E-state index in [1.54, 1.807) is 6.08 Å². The first-order valence-corrected chi connectivity index (χ1v) is 10.5. The van der Waals surface area contributed by atoms with Gasteiger partial charge in [0.05, 0.1) is 6.61 Å². The van der Waals surface area contributed by atoms with Gasteiger partial charge in [0.15, 0.2) is 8.32 Å². The van der Waals surface area contributed by atoms with Crippen molar-refractivity contribution >= 4 is 8.32 Å². The Hall–Kier alpha value is -0.523. The molecule has 1 nitrogen and oxygen atoms in total. The molecular weight excluding hydrogens is 248 g/mol. The van der Waals surface area contributed by atoms with E-state index in [1.165, 1.54) is 56.7 Å². The van der Waals surface area contributed by atoms with Gasteiger partial charge in [-0.15, -0.1) is 6.42 Å². The molecule has 0 aromatic heterocycles. The van der Waals surface area contributed by atoms with Crippen LogP contribution < -0.4 is 0 Å². The Balaban J connectivity index is 4.56. The summed E-state index contributed by atoms with van der Waals surface area (Å²) in [4.78, 5) is 0. The molecule has 110 valence electrons. The van der Waals surface area contributed by atoms with Gasteiger partial charge >= 0.3 is 0 Å². The van der Waals surface area contributed by atoms with E-state index in [2.05, 4.69) is 26.7 Å². The van der Waals surface area contributed by atoms with Gasteiger partial charge in [0.25, 0.3) is 0 Å². The third-order valence-corrected chi connectivity index (χ3v) is 8.23. The minimum atomic E-state index is -1.53. The average Bonchev–Trinajstić information content (AvgIpc) is 2.44. The van der Waals surface area contributed by atoms with Gasteiger partial charge in [-0.2, -0.15) is 0 Å². The number of terminal acetylenes is 1. The van der Waals surface area contributed by atoms with Crippen molar-refractivity contribution in [2.75, 3.05) is 6.61 Å². The molecule has 0 fully saturated rings. The van der Waals surface area contributed by atoms with Crippen LogP contribution in [0.25, 0.3) is 0 Å². The van der Waals surface area contributed by atoms with Crippen LogP contribution in [0.1, 0.15) is 59.3 Å². The number of allylic oxidation sites excluding steroid dienone is 1. The van der Waals surface area contributed by atoms with E-state index < -0.39 is 8.32 Å². The summed E-state index contributed by atoms with van der Waals surface area (Å²) in [5, 5.41) is 0. The summed E-state index contributed by atoms with van der Waals surface area (Å²) in [7, 11) is -1.53. The van der Waals surface area contributed by atoms with E-state index >= 15 is 0 Å². The lowest BCUT2D eigenvalue weighted by atomic mass is 10.4. The Morgan fingerprint density at radius 1 is 0.947 bits per heavy atom. The summed E-state index contributed by atoms with van der Waals surface area (Å²) in [6.45, 7) is 7.54. The zero-order valence-electron chi connectivity index (χ0n) is 13.2. The summed E-state index contributed by atoms with van der Waals surface area (Å²) in [6.07, 6.45) is 16.8. The minimum absolute atomic E-state index is 0.716. The molecule has 0 spiro atoms. The van der Waals surface area contributed by atoms with Crippen LogP contribution in [0.2, 0.25) is 18.1 Å². The number of hydrogen-bond acceptors (Lipinski definition) is 1. The van der Waals surface area contributed by atoms with Crippen LogP contribution in [-0.2, 0) is 4.43 Å². The van der Waals surface area contributed by atoms with Crippen molar-refractivity contribution in [1.82, 2.24) is 0 Å². The van der Waals surface area contributed by atoms with Gasteiger partial charge in [-0.1, -0.05) is 71.3 Å². The second kappa shape index (κ2) is 12.5. The Labute approximate surface area is 122 Å². The fraction of sp³-hybridized carbons (Fsp3) is 0.765. The molecule has 0 unspecified atom stereocenters. The van der Waals surface area contributed by atoms with E-state index in [0.717, 1.165) is 0 Å². The number of unbranched alkanes of at least 4 members (excludes halogenated alkanes) is 3. The maximum Gasteiger partial charge on any atom is 0.193 e. The lowest BCUT2D eigenvalue weighted by Gasteiger charge is -2.31. The van der Waals surface area contributed by atoms with Crippen molar-refractivity contribution in [3.8, 4) is 12.3 Å². The highest BCUT2D eigenvalue weighted by molar-refractivity contribution is 6.73. The largest absolute Gasteiger partial charge is 0.413 e. The molecule has 0 N–H and O–H groups in total. The summed E-state index contributed by atoms with van der Waals surface area (Å²) in [6, 6.07) is 3.98. The average molecular weight is 281 g/mol. The molecule has 0 aliphatic heterocycles. The highest BCUT2D eigenvalue weighted by atomic mass is 28.4. The van der Waals surface area contributed by atoms with Gasteiger partial charge in [-0.05, 0) is 24.2 Å². The topological polar surface area (TPSA) is 9.23 Å². The van der Waals surface area contributed by atoms with E-state index in [9.17, 15) is 0 Å². The lowest BCUT2D eigenvalue weighted by Crippen LogP contribution is -2.38. The number of hydrogen-bond donors (Lipinski definition) is 0. The van der Waals surface area contributed by atoms with Crippen molar-refractivity contribution in [3.05, 3.63) is 12.2 Å². The first-order chi connectivity index (χ1) is 9.24. The predicted octanol–water partition coefficient (Wildman–Crippen LogP) is 5.54. The molecule has 2 heteroatoms. The maximum atomic E-state index is 6.39. The summed E-state index contributed by atoms with van der Waals surface area (Å²) < 4.78 is 6.39. The third-order valence-electron chi connectivity index (χ3n) is 3.66. The van der Waals surface area contributed by atoms with E-state index in [0.29, 0.717) is 6.61 Å². The van der Waals surface area contributed by atoms with Gasteiger partial charge in [-0.25, -0.2) is 0 Å². The Kier molecular flexibility index (Phi) is 12.2. The molecule has 0 bridgehead atoms.